The number of benzene rings is 1. The number of rotatable bonds is 2. The van der Waals surface area contributed by atoms with Crippen molar-refractivity contribution in [3.8, 4) is 0 Å². The van der Waals surface area contributed by atoms with Crippen LogP contribution >= 0.6 is 0 Å². The van der Waals surface area contributed by atoms with Gasteiger partial charge in [0.15, 0.2) is 0 Å². The fourth-order valence-corrected chi connectivity index (χ4v) is 2.37. The molecule has 0 saturated carbocycles. The number of hydrogen-bond donors (Lipinski definition) is 1. The van der Waals surface area contributed by atoms with Crippen LogP contribution in [0.25, 0.3) is 11.0 Å². The molecule has 102 valence electrons. The Morgan fingerprint density at radius 1 is 1.20 bits per heavy atom. The van der Waals surface area contributed by atoms with E-state index in [4.69, 9.17) is 10.2 Å². The molecule has 1 aromatic carbocycles. The summed E-state index contributed by atoms with van der Waals surface area (Å²) in [5.41, 5.74) is 9.72. The number of aromatic nitrogens is 1. The van der Waals surface area contributed by atoms with E-state index in [1.807, 2.05) is 19.9 Å². The van der Waals surface area contributed by atoms with E-state index in [0.29, 0.717) is 16.7 Å². The zero-order valence-corrected chi connectivity index (χ0v) is 11.4. The van der Waals surface area contributed by atoms with E-state index < -0.39 is 6.04 Å². The van der Waals surface area contributed by atoms with Crippen LogP contribution in [-0.2, 0) is 0 Å². The molecule has 0 aliphatic carbocycles. The Hall–Kier alpha value is -2.20. The fourth-order valence-electron chi connectivity index (χ4n) is 2.37. The van der Waals surface area contributed by atoms with Gasteiger partial charge < -0.3 is 10.2 Å². The highest BCUT2D eigenvalue weighted by molar-refractivity contribution is 5.78. The molecule has 2 aromatic heterocycles. The first-order valence-corrected chi connectivity index (χ1v) is 6.42. The number of furan rings is 1. The van der Waals surface area contributed by atoms with Crippen molar-refractivity contribution < 1.29 is 8.81 Å². The molecule has 0 fully saturated rings. The molecule has 2 N–H and O–H groups in total. The summed E-state index contributed by atoms with van der Waals surface area (Å²) >= 11 is 0. The van der Waals surface area contributed by atoms with Crippen LogP contribution in [0.4, 0.5) is 4.39 Å². The molecule has 1 atom stereocenters. The van der Waals surface area contributed by atoms with E-state index in [-0.39, 0.29) is 5.82 Å². The molecule has 0 aliphatic rings. The van der Waals surface area contributed by atoms with E-state index in [2.05, 4.69) is 4.98 Å². The molecule has 20 heavy (non-hydrogen) atoms. The molecule has 3 aromatic rings. The van der Waals surface area contributed by atoms with E-state index in [9.17, 15) is 4.39 Å². The van der Waals surface area contributed by atoms with Gasteiger partial charge in [0, 0.05) is 11.6 Å². The monoisotopic (exact) mass is 270 g/mol. The normalized spacial score (nSPS) is 12.8. The summed E-state index contributed by atoms with van der Waals surface area (Å²) in [6, 6.07) is 7.76. The average molecular weight is 270 g/mol. The lowest BCUT2D eigenvalue weighted by Gasteiger charge is -2.11. The van der Waals surface area contributed by atoms with E-state index in [1.54, 1.807) is 18.3 Å². The first-order valence-electron chi connectivity index (χ1n) is 6.42. The Bertz CT molecular complexity index is 779. The maximum Gasteiger partial charge on any atom is 0.134 e. The van der Waals surface area contributed by atoms with Gasteiger partial charge in [0.25, 0.3) is 0 Å². The van der Waals surface area contributed by atoms with Crippen LogP contribution in [-0.4, -0.2) is 4.98 Å². The largest absolute Gasteiger partial charge is 0.459 e. The molecule has 0 radical (unpaired) electrons. The van der Waals surface area contributed by atoms with Crippen LogP contribution in [0.1, 0.15) is 28.6 Å². The van der Waals surface area contributed by atoms with Gasteiger partial charge in [-0.3, -0.25) is 4.98 Å². The van der Waals surface area contributed by atoms with Gasteiger partial charge in [0.2, 0.25) is 0 Å². The van der Waals surface area contributed by atoms with Gasteiger partial charge in [-0.05, 0) is 49.2 Å². The van der Waals surface area contributed by atoms with E-state index in [0.717, 1.165) is 16.8 Å². The Morgan fingerprint density at radius 3 is 2.75 bits per heavy atom. The van der Waals surface area contributed by atoms with Crippen LogP contribution in [0.3, 0.4) is 0 Å². The van der Waals surface area contributed by atoms with E-state index >= 15 is 0 Å². The number of nitrogens with two attached hydrogens (primary N) is 1. The molecule has 0 bridgehead atoms. The molecule has 4 heteroatoms. The molecular formula is C16H15FN2O. The summed E-state index contributed by atoms with van der Waals surface area (Å²) in [6.07, 6.45) is 1.78. The van der Waals surface area contributed by atoms with Gasteiger partial charge in [0.1, 0.15) is 23.2 Å². The number of pyridine rings is 1. The van der Waals surface area contributed by atoms with Gasteiger partial charge in [-0.1, -0.05) is 6.07 Å². The summed E-state index contributed by atoms with van der Waals surface area (Å²) in [6.45, 7) is 3.96. The van der Waals surface area contributed by atoms with Crippen molar-refractivity contribution in [3.05, 3.63) is 64.9 Å². The first-order chi connectivity index (χ1) is 9.54. The van der Waals surface area contributed by atoms with Crippen LogP contribution in [0, 0.1) is 19.7 Å². The maximum absolute atomic E-state index is 13.2. The number of fused-ring (bicyclic) bond motifs is 1. The summed E-state index contributed by atoms with van der Waals surface area (Å²) < 4.78 is 18.9. The van der Waals surface area contributed by atoms with Crippen LogP contribution in [0.2, 0.25) is 0 Å². The van der Waals surface area contributed by atoms with Gasteiger partial charge in [-0.2, -0.15) is 0 Å². The Morgan fingerprint density at radius 2 is 2.00 bits per heavy atom. The van der Waals surface area contributed by atoms with Crippen LogP contribution in [0.5, 0.6) is 0 Å². The minimum atomic E-state index is -0.453. The van der Waals surface area contributed by atoms with Crippen molar-refractivity contribution in [1.82, 2.24) is 4.98 Å². The predicted octanol–water partition coefficient (Wildman–Crippen LogP) is 3.63. The maximum atomic E-state index is 13.2. The lowest BCUT2D eigenvalue weighted by atomic mass is 10.1. The SMILES string of the molecule is Cc1cnc(C(N)c2cc3cc(F)ccc3o2)c(C)c1. The minimum Gasteiger partial charge on any atom is -0.459 e. The summed E-state index contributed by atoms with van der Waals surface area (Å²) in [5, 5.41) is 0.709. The molecule has 0 amide bonds. The highest BCUT2D eigenvalue weighted by Crippen LogP contribution is 2.27. The number of nitrogens with zero attached hydrogens (tertiary/aromatic N) is 1. The topological polar surface area (TPSA) is 52.0 Å². The third-order valence-electron chi connectivity index (χ3n) is 3.35. The highest BCUT2D eigenvalue weighted by Gasteiger charge is 2.17. The second kappa shape index (κ2) is 4.72. The molecule has 0 saturated heterocycles. The molecule has 3 nitrogen and oxygen atoms in total. The van der Waals surface area contributed by atoms with E-state index in [1.165, 1.54) is 12.1 Å². The van der Waals surface area contributed by atoms with Crippen LogP contribution in [0.15, 0.2) is 40.9 Å². The number of aryl methyl sites for hydroxylation is 2. The molecule has 1 unspecified atom stereocenters. The predicted molar refractivity (Wildman–Crippen MR) is 75.9 cm³/mol. The molecule has 2 heterocycles. The lowest BCUT2D eigenvalue weighted by molar-refractivity contribution is 0.519. The Balaban J connectivity index is 2.05. The molecular weight excluding hydrogens is 255 g/mol. The van der Waals surface area contributed by atoms with Gasteiger partial charge in [-0.15, -0.1) is 0 Å². The highest BCUT2D eigenvalue weighted by atomic mass is 19.1. The number of halogens is 1. The summed E-state index contributed by atoms with van der Waals surface area (Å²) in [4.78, 5) is 4.38. The standard InChI is InChI=1S/C16H15FN2O/c1-9-5-10(2)16(19-8-9)15(18)14-7-11-6-12(17)3-4-13(11)20-14/h3-8,15H,18H2,1-2H3. The first kappa shape index (κ1) is 12.8. The smallest absolute Gasteiger partial charge is 0.134 e. The zero-order valence-electron chi connectivity index (χ0n) is 11.4. The third kappa shape index (κ3) is 2.18. The Kier molecular flexibility index (Phi) is 3.03. The average Bonchev–Trinajstić information content (AvgIpc) is 2.81. The van der Waals surface area contributed by atoms with Gasteiger partial charge >= 0.3 is 0 Å². The van der Waals surface area contributed by atoms with Crippen molar-refractivity contribution in [1.29, 1.82) is 0 Å². The zero-order chi connectivity index (χ0) is 14.3. The third-order valence-corrected chi connectivity index (χ3v) is 3.35. The Labute approximate surface area is 116 Å². The minimum absolute atomic E-state index is 0.289. The quantitative estimate of drug-likeness (QED) is 0.773. The van der Waals surface area contributed by atoms with Crippen molar-refractivity contribution >= 4 is 11.0 Å². The molecule has 3 rings (SSSR count). The van der Waals surface area contributed by atoms with Crippen molar-refractivity contribution in [2.45, 2.75) is 19.9 Å². The fraction of sp³-hybridized carbons (Fsp3) is 0.188. The molecule has 0 aliphatic heterocycles. The van der Waals surface area contributed by atoms with Gasteiger partial charge in [0.05, 0.1) is 5.69 Å². The second-order valence-corrected chi connectivity index (χ2v) is 5.02. The summed E-state index contributed by atoms with van der Waals surface area (Å²) in [7, 11) is 0. The summed E-state index contributed by atoms with van der Waals surface area (Å²) in [5.74, 6) is 0.299. The van der Waals surface area contributed by atoms with Crippen molar-refractivity contribution in [3.63, 3.8) is 0 Å². The van der Waals surface area contributed by atoms with Crippen LogP contribution < -0.4 is 5.73 Å². The molecule has 0 spiro atoms. The van der Waals surface area contributed by atoms with Crippen molar-refractivity contribution in [2.75, 3.05) is 0 Å². The lowest BCUT2D eigenvalue weighted by Crippen LogP contribution is -2.14. The van der Waals surface area contributed by atoms with Crippen molar-refractivity contribution in [2.24, 2.45) is 5.73 Å². The number of hydrogen-bond acceptors (Lipinski definition) is 3. The van der Waals surface area contributed by atoms with Gasteiger partial charge in [-0.25, -0.2) is 4.39 Å². The second-order valence-electron chi connectivity index (χ2n) is 5.02.